The van der Waals surface area contributed by atoms with E-state index in [0.717, 1.165) is 12.5 Å². The quantitative estimate of drug-likeness (QED) is 0.739. The Hall–Kier alpha value is -0.800. The van der Waals surface area contributed by atoms with Crippen LogP contribution in [0.3, 0.4) is 0 Å². The predicted molar refractivity (Wildman–Crippen MR) is 65.3 cm³/mol. The van der Waals surface area contributed by atoms with Gasteiger partial charge in [-0.2, -0.15) is 0 Å². The van der Waals surface area contributed by atoms with Gasteiger partial charge in [-0.25, -0.2) is 0 Å². The minimum Gasteiger partial charge on any atom is -0.395 e. The average Bonchev–Trinajstić information content (AvgIpc) is 3.01. The first-order valence-electron chi connectivity index (χ1n) is 6.35. The molecule has 90 valence electrons. The summed E-state index contributed by atoms with van der Waals surface area (Å²) in [4.78, 5) is 0. The Morgan fingerprint density at radius 2 is 2.38 bits per heavy atom. The lowest BCUT2D eigenvalue weighted by Crippen LogP contribution is -2.23. The van der Waals surface area contributed by atoms with Gasteiger partial charge < -0.3 is 15.0 Å². The lowest BCUT2D eigenvalue weighted by Gasteiger charge is -2.16. The fourth-order valence-corrected chi connectivity index (χ4v) is 2.18. The van der Waals surface area contributed by atoms with E-state index in [1.807, 2.05) is 0 Å². The average molecular weight is 222 g/mol. The first-order valence-corrected chi connectivity index (χ1v) is 6.35. The summed E-state index contributed by atoms with van der Waals surface area (Å²) in [5.74, 6) is 0.830. The van der Waals surface area contributed by atoms with Crippen molar-refractivity contribution < 1.29 is 5.11 Å². The van der Waals surface area contributed by atoms with Crippen molar-refractivity contribution in [1.82, 2.24) is 9.88 Å². The fourth-order valence-electron chi connectivity index (χ4n) is 2.18. The zero-order valence-corrected chi connectivity index (χ0v) is 10.0. The molecule has 0 aromatic carbocycles. The number of nitrogens with zero attached hydrogens (tertiary/aromatic N) is 1. The molecule has 1 heterocycles. The smallest absolute Gasteiger partial charge is 0.0610 e. The van der Waals surface area contributed by atoms with Crippen molar-refractivity contribution in [1.29, 1.82) is 0 Å². The van der Waals surface area contributed by atoms with Gasteiger partial charge in [-0.1, -0.05) is 6.92 Å². The number of hydrogen-bond donors (Lipinski definition) is 2. The Morgan fingerprint density at radius 3 is 3.00 bits per heavy atom. The molecule has 0 bridgehead atoms. The normalized spacial score (nSPS) is 17.6. The van der Waals surface area contributed by atoms with Crippen LogP contribution in [0.2, 0.25) is 0 Å². The molecule has 3 heteroatoms. The number of nitrogens with one attached hydrogen (secondary N) is 1. The summed E-state index contributed by atoms with van der Waals surface area (Å²) in [6, 6.07) is 2.71. The molecule has 2 N–H and O–H groups in total. The zero-order chi connectivity index (χ0) is 11.4. The molecule has 3 nitrogen and oxygen atoms in total. The van der Waals surface area contributed by atoms with E-state index in [1.165, 1.54) is 24.8 Å². The Bertz CT molecular complexity index is 317. The molecule has 1 atom stereocenters. The van der Waals surface area contributed by atoms with Gasteiger partial charge in [0.15, 0.2) is 0 Å². The molecule has 1 fully saturated rings. The summed E-state index contributed by atoms with van der Waals surface area (Å²) in [7, 11) is 0. The van der Waals surface area contributed by atoms with Crippen molar-refractivity contribution in [3.8, 4) is 0 Å². The third-order valence-corrected chi connectivity index (χ3v) is 3.20. The first-order chi connectivity index (χ1) is 7.85. The van der Waals surface area contributed by atoms with Crippen molar-refractivity contribution in [3.63, 3.8) is 0 Å². The van der Waals surface area contributed by atoms with Gasteiger partial charge >= 0.3 is 0 Å². The highest BCUT2D eigenvalue weighted by Crippen LogP contribution is 2.41. The van der Waals surface area contributed by atoms with Crippen LogP contribution in [0.4, 0.5) is 0 Å². The van der Waals surface area contributed by atoms with Gasteiger partial charge in [-0.3, -0.25) is 0 Å². The number of aromatic nitrogens is 1. The molecule has 1 aliphatic rings. The summed E-state index contributed by atoms with van der Waals surface area (Å²) in [5.41, 5.74) is 1.38. The van der Waals surface area contributed by atoms with Crippen LogP contribution in [-0.2, 0) is 6.54 Å². The van der Waals surface area contributed by atoms with Crippen LogP contribution >= 0.6 is 0 Å². The maximum Gasteiger partial charge on any atom is 0.0610 e. The van der Waals surface area contributed by atoms with E-state index in [-0.39, 0.29) is 6.61 Å². The minimum atomic E-state index is 0.213. The highest BCUT2D eigenvalue weighted by atomic mass is 16.3. The van der Waals surface area contributed by atoms with Gasteiger partial charge in [-0.15, -0.1) is 0 Å². The van der Waals surface area contributed by atoms with Crippen molar-refractivity contribution >= 4 is 0 Å². The third kappa shape index (κ3) is 2.86. The van der Waals surface area contributed by atoms with Crippen LogP contribution in [0.5, 0.6) is 0 Å². The van der Waals surface area contributed by atoms with Crippen LogP contribution in [-0.4, -0.2) is 22.8 Å². The van der Waals surface area contributed by atoms with E-state index in [1.54, 1.807) is 0 Å². The highest BCUT2D eigenvalue weighted by molar-refractivity contribution is 5.18. The summed E-state index contributed by atoms with van der Waals surface area (Å²) in [5, 5.41) is 12.5. The van der Waals surface area contributed by atoms with Gasteiger partial charge in [0.2, 0.25) is 0 Å². The molecule has 1 aromatic heterocycles. The summed E-state index contributed by atoms with van der Waals surface area (Å²) >= 11 is 0. The SMILES string of the molecule is CCCNC(c1ccn(CCO)c1)C1CC1. The number of hydrogen-bond acceptors (Lipinski definition) is 2. The van der Waals surface area contributed by atoms with Crippen LogP contribution in [0.1, 0.15) is 37.8 Å². The zero-order valence-electron chi connectivity index (χ0n) is 10.0. The molecule has 1 aromatic rings. The van der Waals surface area contributed by atoms with Crippen LogP contribution < -0.4 is 5.32 Å². The van der Waals surface area contributed by atoms with Crippen LogP contribution in [0.15, 0.2) is 18.5 Å². The second kappa shape index (κ2) is 5.51. The monoisotopic (exact) mass is 222 g/mol. The largest absolute Gasteiger partial charge is 0.395 e. The molecule has 0 spiro atoms. The standard InChI is InChI=1S/C13H22N2O/c1-2-6-14-13(11-3-4-11)12-5-7-15(10-12)8-9-16/h5,7,10-11,13-14,16H,2-4,6,8-9H2,1H3. The van der Waals surface area contributed by atoms with Gasteiger partial charge in [-0.05, 0) is 43.4 Å². The molecule has 0 aliphatic heterocycles. The molecule has 0 saturated heterocycles. The van der Waals surface area contributed by atoms with Crippen molar-refractivity contribution in [2.45, 2.75) is 38.8 Å². The minimum absolute atomic E-state index is 0.213. The second-order valence-electron chi connectivity index (χ2n) is 4.68. The molecule has 1 unspecified atom stereocenters. The van der Waals surface area contributed by atoms with E-state index in [0.29, 0.717) is 12.6 Å². The molecule has 16 heavy (non-hydrogen) atoms. The van der Waals surface area contributed by atoms with Crippen molar-refractivity contribution in [3.05, 3.63) is 24.0 Å². The van der Waals surface area contributed by atoms with E-state index in [4.69, 9.17) is 5.11 Å². The molecular weight excluding hydrogens is 200 g/mol. The van der Waals surface area contributed by atoms with E-state index in [2.05, 4.69) is 35.3 Å². The maximum absolute atomic E-state index is 8.89. The number of aliphatic hydroxyl groups is 1. The van der Waals surface area contributed by atoms with Gasteiger partial charge in [0.25, 0.3) is 0 Å². The molecular formula is C13H22N2O. The van der Waals surface area contributed by atoms with Gasteiger partial charge in [0.1, 0.15) is 0 Å². The Labute approximate surface area is 97.5 Å². The molecule has 1 saturated carbocycles. The first kappa shape index (κ1) is 11.7. The molecule has 0 radical (unpaired) electrons. The second-order valence-corrected chi connectivity index (χ2v) is 4.68. The van der Waals surface area contributed by atoms with E-state index >= 15 is 0 Å². The summed E-state index contributed by atoms with van der Waals surface area (Å²) in [6.45, 7) is 4.20. The summed E-state index contributed by atoms with van der Waals surface area (Å²) < 4.78 is 2.07. The van der Waals surface area contributed by atoms with Crippen molar-refractivity contribution in [2.75, 3.05) is 13.2 Å². The summed E-state index contributed by atoms with van der Waals surface area (Å²) in [6.07, 6.45) is 8.12. The molecule has 0 amide bonds. The lowest BCUT2D eigenvalue weighted by molar-refractivity contribution is 0.276. The third-order valence-electron chi connectivity index (χ3n) is 3.20. The molecule has 2 rings (SSSR count). The Morgan fingerprint density at radius 1 is 1.56 bits per heavy atom. The lowest BCUT2D eigenvalue weighted by atomic mass is 10.1. The predicted octanol–water partition coefficient (Wildman–Crippen LogP) is 1.93. The Kier molecular flexibility index (Phi) is 4.02. The Balaban J connectivity index is 1.99. The van der Waals surface area contributed by atoms with Gasteiger partial charge in [0.05, 0.1) is 6.61 Å². The van der Waals surface area contributed by atoms with Crippen LogP contribution in [0.25, 0.3) is 0 Å². The topological polar surface area (TPSA) is 37.2 Å². The van der Waals surface area contributed by atoms with Gasteiger partial charge in [0, 0.05) is 25.0 Å². The number of aliphatic hydroxyl groups excluding tert-OH is 1. The van der Waals surface area contributed by atoms with E-state index < -0.39 is 0 Å². The fraction of sp³-hybridized carbons (Fsp3) is 0.692. The molecule has 1 aliphatic carbocycles. The number of rotatable bonds is 7. The maximum atomic E-state index is 8.89. The van der Waals surface area contributed by atoms with E-state index in [9.17, 15) is 0 Å². The highest BCUT2D eigenvalue weighted by Gasteiger charge is 2.32. The van der Waals surface area contributed by atoms with Crippen molar-refractivity contribution in [2.24, 2.45) is 5.92 Å². The van der Waals surface area contributed by atoms with Crippen LogP contribution in [0, 0.1) is 5.92 Å².